The van der Waals surface area contributed by atoms with Crippen LogP contribution in [0.5, 0.6) is 0 Å². The van der Waals surface area contributed by atoms with E-state index in [1.165, 1.54) is 0 Å². The number of ketones is 1. The number of carbonyl (C=O) groups excluding carboxylic acids is 1. The fraction of sp³-hybridized carbons (Fsp3) is 0.818. The maximum Gasteiger partial charge on any atom is 0.152 e. The average Bonchev–Trinajstić information content (AvgIpc) is 2.13. The minimum atomic E-state index is -0.369. The van der Waals surface area contributed by atoms with Crippen LogP contribution in [-0.4, -0.2) is 5.78 Å². The van der Waals surface area contributed by atoms with Gasteiger partial charge in [-0.25, -0.2) is 0 Å². The zero-order valence-electron chi connectivity index (χ0n) is 8.84. The van der Waals surface area contributed by atoms with Gasteiger partial charge >= 0.3 is 0 Å². The zero-order valence-corrected chi connectivity index (χ0v) is 8.84. The molecule has 0 aliphatic heterocycles. The summed E-state index contributed by atoms with van der Waals surface area (Å²) in [6.07, 6.45) is 3.53. The fourth-order valence-corrected chi connectivity index (χ4v) is 1.48. The summed E-state index contributed by atoms with van der Waals surface area (Å²) in [5, 5.41) is 8.77. The van der Waals surface area contributed by atoms with Gasteiger partial charge in [0.05, 0.1) is 6.07 Å². The van der Waals surface area contributed by atoms with Crippen molar-refractivity contribution in [3.8, 4) is 6.07 Å². The second-order valence-corrected chi connectivity index (χ2v) is 3.56. The molecule has 0 spiro atoms. The summed E-state index contributed by atoms with van der Waals surface area (Å²) in [6.45, 7) is 5.99. The van der Waals surface area contributed by atoms with Crippen molar-refractivity contribution in [3.05, 3.63) is 0 Å². The minimum absolute atomic E-state index is 0.0567. The third-order valence-corrected chi connectivity index (χ3v) is 2.28. The lowest BCUT2D eigenvalue weighted by molar-refractivity contribution is -0.125. The molecular formula is C11H19NO. The normalized spacial score (nSPS) is 14.6. The average molecular weight is 181 g/mol. The highest BCUT2D eigenvalue weighted by atomic mass is 16.1. The Morgan fingerprint density at radius 3 is 2.23 bits per heavy atom. The summed E-state index contributed by atoms with van der Waals surface area (Å²) in [7, 11) is 0. The Balaban J connectivity index is 4.13. The zero-order chi connectivity index (χ0) is 10.3. The Labute approximate surface area is 80.9 Å². The van der Waals surface area contributed by atoms with Crippen LogP contribution in [-0.2, 0) is 4.79 Å². The van der Waals surface area contributed by atoms with Gasteiger partial charge in [-0.2, -0.15) is 5.26 Å². The van der Waals surface area contributed by atoms with Crippen LogP contribution in [0.4, 0.5) is 0 Å². The van der Waals surface area contributed by atoms with Gasteiger partial charge in [0.25, 0.3) is 0 Å². The summed E-state index contributed by atoms with van der Waals surface area (Å²) in [4.78, 5) is 11.6. The number of hydrogen-bond donors (Lipinski definition) is 0. The number of rotatable bonds is 6. The molecule has 0 saturated heterocycles. The van der Waals surface area contributed by atoms with Gasteiger partial charge in [0.15, 0.2) is 5.78 Å². The van der Waals surface area contributed by atoms with Gasteiger partial charge in [-0.1, -0.05) is 33.6 Å². The topological polar surface area (TPSA) is 40.9 Å². The molecule has 2 unspecified atom stereocenters. The van der Waals surface area contributed by atoms with E-state index in [1.807, 2.05) is 13.8 Å². The third-order valence-electron chi connectivity index (χ3n) is 2.28. The molecule has 0 saturated carbocycles. The number of carbonyl (C=O) groups is 1. The molecule has 2 atom stereocenters. The van der Waals surface area contributed by atoms with Gasteiger partial charge in [-0.3, -0.25) is 4.79 Å². The van der Waals surface area contributed by atoms with E-state index in [2.05, 4.69) is 13.0 Å². The van der Waals surface area contributed by atoms with Gasteiger partial charge in [0.1, 0.15) is 5.92 Å². The smallest absolute Gasteiger partial charge is 0.152 e. The summed E-state index contributed by atoms with van der Waals surface area (Å²) < 4.78 is 0. The van der Waals surface area contributed by atoms with Crippen molar-refractivity contribution in [2.24, 2.45) is 11.8 Å². The minimum Gasteiger partial charge on any atom is -0.298 e. The molecule has 0 rings (SSSR count). The van der Waals surface area contributed by atoms with Gasteiger partial charge < -0.3 is 0 Å². The molecule has 0 amide bonds. The van der Waals surface area contributed by atoms with Crippen LogP contribution in [0.25, 0.3) is 0 Å². The maximum absolute atomic E-state index is 11.6. The van der Waals surface area contributed by atoms with Crippen molar-refractivity contribution < 1.29 is 4.79 Å². The van der Waals surface area contributed by atoms with E-state index in [9.17, 15) is 4.79 Å². The van der Waals surface area contributed by atoms with Crippen LogP contribution in [0.1, 0.15) is 46.5 Å². The monoisotopic (exact) mass is 181 g/mol. The molecule has 0 aliphatic carbocycles. The summed E-state index contributed by atoms with van der Waals surface area (Å²) in [5.74, 6) is -0.182. The highest BCUT2D eigenvalue weighted by molar-refractivity contribution is 5.85. The Morgan fingerprint density at radius 1 is 1.31 bits per heavy atom. The lowest BCUT2D eigenvalue weighted by Crippen LogP contribution is -2.20. The molecule has 0 aromatic rings. The van der Waals surface area contributed by atoms with Crippen molar-refractivity contribution in [1.29, 1.82) is 5.26 Å². The lowest BCUT2D eigenvalue weighted by Gasteiger charge is -2.12. The standard InChI is InChI=1S/C11H19NO/c1-4-6-9(3)11(13)10(8-12)7-5-2/h9-10H,4-7H2,1-3H3. The van der Waals surface area contributed by atoms with E-state index in [0.29, 0.717) is 6.42 Å². The first kappa shape index (κ1) is 12.2. The molecule has 0 bridgehead atoms. The summed E-state index contributed by atoms with van der Waals surface area (Å²) in [6, 6.07) is 2.09. The molecule has 0 aliphatic rings. The number of hydrogen-bond acceptors (Lipinski definition) is 2. The predicted molar refractivity (Wildman–Crippen MR) is 53.1 cm³/mol. The Hall–Kier alpha value is -0.840. The third kappa shape index (κ3) is 4.07. The number of nitrogens with zero attached hydrogens (tertiary/aromatic N) is 1. The van der Waals surface area contributed by atoms with Crippen LogP contribution in [0.15, 0.2) is 0 Å². The van der Waals surface area contributed by atoms with Gasteiger partial charge in [-0.05, 0) is 12.8 Å². The molecule has 74 valence electrons. The van der Waals surface area contributed by atoms with Crippen LogP contribution in [0.2, 0.25) is 0 Å². The molecule has 0 aromatic heterocycles. The molecule has 0 radical (unpaired) electrons. The van der Waals surface area contributed by atoms with Gasteiger partial charge in [0.2, 0.25) is 0 Å². The van der Waals surface area contributed by atoms with Crippen LogP contribution in [0.3, 0.4) is 0 Å². The fourth-order valence-electron chi connectivity index (χ4n) is 1.48. The second-order valence-electron chi connectivity index (χ2n) is 3.56. The largest absolute Gasteiger partial charge is 0.298 e. The number of Topliss-reactive ketones (excluding diaryl/α,β-unsaturated/α-hetero) is 1. The van der Waals surface area contributed by atoms with Gasteiger partial charge in [-0.15, -0.1) is 0 Å². The highest BCUT2D eigenvalue weighted by Gasteiger charge is 2.21. The van der Waals surface area contributed by atoms with Gasteiger partial charge in [0, 0.05) is 5.92 Å². The molecule has 0 aromatic carbocycles. The molecular weight excluding hydrogens is 162 g/mol. The summed E-state index contributed by atoms with van der Waals surface area (Å²) in [5.41, 5.74) is 0. The Bertz CT molecular complexity index is 193. The van der Waals surface area contributed by atoms with E-state index in [0.717, 1.165) is 19.3 Å². The molecule has 0 N–H and O–H groups in total. The number of nitriles is 1. The molecule has 2 nitrogen and oxygen atoms in total. The molecule has 0 fully saturated rings. The van der Waals surface area contributed by atoms with E-state index in [1.54, 1.807) is 0 Å². The van der Waals surface area contributed by atoms with E-state index in [4.69, 9.17) is 5.26 Å². The van der Waals surface area contributed by atoms with E-state index < -0.39 is 0 Å². The first-order valence-electron chi connectivity index (χ1n) is 5.10. The second kappa shape index (κ2) is 6.65. The predicted octanol–water partition coefficient (Wildman–Crippen LogP) is 2.93. The maximum atomic E-state index is 11.6. The van der Waals surface area contributed by atoms with Crippen molar-refractivity contribution in [2.75, 3.05) is 0 Å². The van der Waals surface area contributed by atoms with Crippen LogP contribution >= 0.6 is 0 Å². The van der Waals surface area contributed by atoms with E-state index in [-0.39, 0.29) is 17.6 Å². The molecule has 2 heteroatoms. The highest BCUT2D eigenvalue weighted by Crippen LogP contribution is 2.16. The molecule has 13 heavy (non-hydrogen) atoms. The first-order valence-corrected chi connectivity index (χ1v) is 5.10. The van der Waals surface area contributed by atoms with Crippen LogP contribution in [0, 0.1) is 23.2 Å². The Morgan fingerprint density at radius 2 is 1.85 bits per heavy atom. The molecule has 0 heterocycles. The van der Waals surface area contributed by atoms with Crippen molar-refractivity contribution in [2.45, 2.75) is 46.5 Å². The van der Waals surface area contributed by atoms with Crippen LogP contribution < -0.4 is 0 Å². The first-order chi connectivity index (χ1) is 6.17. The van der Waals surface area contributed by atoms with Crippen molar-refractivity contribution in [3.63, 3.8) is 0 Å². The summed E-state index contributed by atoms with van der Waals surface area (Å²) >= 11 is 0. The lowest BCUT2D eigenvalue weighted by atomic mass is 9.89. The van der Waals surface area contributed by atoms with E-state index >= 15 is 0 Å². The van der Waals surface area contributed by atoms with Crippen molar-refractivity contribution in [1.82, 2.24) is 0 Å². The Kier molecular flexibility index (Phi) is 6.22. The van der Waals surface area contributed by atoms with Crippen molar-refractivity contribution >= 4 is 5.78 Å². The SMILES string of the molecule is CCCC(C)C(=O)C(C#N)CCC. The quantitative estimate of drug-likeness (QED) is 0.632.